The number of nitrogens with zero attached hydrogens (tertiary/aromatic N) is 4. The van der Waals surface area contributed by atoms with E-state index in [1.807, 2.05) is 41.1 Å². The number of hydrogen-bond acceptors (Lipinski definition) is 4. The molecule has 1 saturated heterocycles. The van der Waals surface area contributed by atoms with E-state index in [9.17, 15) is 4.79 Å². The van der Waals surface area contributed by atoms with Gasteiger partial charge in [0.1, 0.15) is 0 Å². The third-order valence-electron chi connectivity index (χ3n) is 5.62. The van der Waals surface area contributed by atoms with E-state index in [1.165, 1.54) is 5.69 Å². The molecule has 7 heteroatoms. The van der Waals surface area contributed by atoms with Gasteiger partial charge >= 0.3 is 0 Å². The molecule has 0 aliphatic carbocycles. The topological polar surface area (TPSA) is 63.1 Å². The van der Waals surface area contributed by atoms with Crippen molar-refractivity contribution in [3.63, 3.8) is 0 Å². The van der Waals surface area contributed by atoms with Crippen LogP contribution in [0.15, 0.2) is 61.1 Å². The first-order valence-corrected chi connectivity index (χ1v) is 10.8. The summed E-state index contributed by atoms with van der Waals surface area (Å²) in [6.45, 7) is 2.96. The fourth-order valence-corrected chi connectivity index (χ4v) is 4.11. The van der Waals surface area contributed by atoms with E-state index in [1.54, 1.807) is 18.5 Å². The van der Waals surface area contributed by atoms with Crippen LogP contribution in [0.2, 0.25) is 5.02 Å². The maximum atomic E-state index is 12.3. The third kappa shape index (κ3) is 5.26. The van der Waals surface area contributed by atoms with Gasteiger partial charge < -0.3 is 5.32 Å². The van der Waals surface area contributed by atoms with Crippen LogP contribution >= 0.6 is 11.6 Å². The Morgan fingerprint density at radius 3 is 2.60 bits per heavy atom. The van der Waals surface area contributed by atoms with Crippen LogP contribution in [0.25, 0.3) is 5.95 Å². The molecular formula is C23H26ClN5O. The molecule has 1 aliphatic heterocycles. The van der Waals surface area contributed by atoms with Gasteiger partial charge in [-0.3, -0.25) is 14.3 Å². The summed E-state index contributed by atoms with van der Waals surface area (Å²) < 4.78 is 2.05. The lowest BCUT2D eigenvalue weighted by molar-refractivity contribution is -0.116. The zero-order valence-corrected chi connectivity index (χ0v) is 17.6. The Balaban J connectivity index is 1.23. The minimum atomic E-state index is 0.0335. The van der Waals surface area contributed by atoms with Crippen LogP contribution in [-0.2, 0) is 11.3 Å². The highest BCUT2D eigenvalue weighted by molar-refractivity contribution is 6.33. The molecule has 30 heavy (non-hydrogen) atoms. The Morgan fingerprint density at radius 1 is 1.07 bits per heavy atom. The molecule has 0 radical (unpaired) electrons. The number of aromatic nitrogens is 3. The lowest BCUT2D eigenvalue weighted by atomic mass is 9.92. The zero-order valence-electron chi connectivity index (χ0n) is 16.9. The maximum Gasteiger partial charge on any atom is 0.233 e. The first-order chi connectivity index (χ1) is 14.7. The molecule has 6 nitrogen and oxygen atoms in total. The van der Waals surface area contributed by atoms with Gasteiger partial charge in [-0.2, -0.15) is 0 Å². The lowest BCUT2D eigenvalue weighted by Crippen LogP contribution is -2.34. The Kier molecular flexibility index (Phi) is 6.77. The summed E-state index contributed by atoms with van der Waals surface area (Å²) in [5, 5.41) is 3.49. The van der Waals surface area contributed by atoms with Gasteiger partial charge in [0.05, 0.1) is 10.7 Å². The number of halogens is 1. The summed E-state index contributed by atoms with van der Waals surface area (Å²) in [7, 11) is 0. The largest absolute Gasteiger partial charge is 0.325 e. The highest BCUT2D eigenvalue weighted by atomic mass is 35.5. The summed E-state index contributed by atoms with van der Waals surface area (Å²) in [4.78, 5) is 23.4. The van der Waals surface area contributed by atoms with Crippen LogP contribution in [0.5, 0.6) is 0 Å². The van der Waals surface area contributed by atoms with E-state index in [0.29, 0.717) is 29.0 Å². The second-order valence-corrected chi connectivity index (χ2v) is 8.11. The molecule has 0 saturated carbocycles. The fourth-order valence-electron chi connectivity index (χ4n) is 3.93. The smallest absolute Gasteiger partial charge is 0.233 e. The highest BCUT2D eigenvalue weighted by Gasteiger charge is 2.21. The van der Waals surface area contributed by atoms with E-state index in [-0.39, 0.29) is 5.91 Å². The number of hydrogen-bond donors (Lipinski definition) is 1. The van der Waals surface area contributed by atoms with E-state index in [4.69, 9.17) is 11.6 Å². The Labute approximate surface area is 181 Å². The standard InChI is InChI=1S/C23H26ClN5O/c24-20-6-1-2-7-21(20)27-22(30)9-8-18-10-15-28(16-11-18)17-19-5-3-14-29(19)23-25-12-4-13-26-23/h1-7,12-14,18H,8-11,15-17H2,(H,27,30). The van der Waals surface area contributed by atoms with Gasteiger partial charge in [0.25, 0.3) is 0 Å². The number of nitrogens with one attached hydrogen (secondary N) is 1. The summed E-state index contributed by atoms with van der Waals surface area (Å²) in [6, 6.07) is 13.3. The SMILES string of the molecule is O=C(CCC1CCN(Cc2cccn2-c2ncccn2)CC1)Nc1ccccc1Cl. The van der Waals surface area contributed by atoms with Crippen LogP contribution < -0.4 is 5.32 Å². The number of piperidine rings is 1. The Morgan fingerprint density at radius 2 is 1.83 bits per heavy atom. The number of carbonyl (C=O) groups excluding carboxylic acids is 1. The summed E-state index contributed by atoms with van der Waals surface area (Å²) in [5.74, 6) is 1.32. The fraction of sp³-hybridized carbons (Fsp3) is 0.348. The van der Waals surface area contributed by atoms with Crippen molar-refractivity contribution in [1.29, 1.82) is 0 Å². The molecule has 0 bridgehead atoms. The van der Waals surface area contributed by atoms with Crippen molar-refractivity contribution < 1.29 is 4.79 Å². The zero-order chi connectivity index (χ0) is 20.8. The first-order valence-electron chi connectivity index (χ1n) is 10.4. The Hall–Kier alpha value is -2.70. The van der Waals surface area contributed by atoms with Crippen LogP contribution in [0.4, 0.5) is 5.69 Å². The van der Waals surface area contributed by atoms with Crippen molar-refractivity contribution in [2.24, 2.45) is 5.92 Å². The summed E-state index contributed by atoms with van der Waals surface area (Å²) in [6.07, 6.45) is 9.21. The third-order valence-corrected chi connectivity index (χ3v) is 5.95. The molecule has 3 heterocycles. The van der Waals surface area contributed by atoms with E-state index < -0.39 is 0 Å². The normalized spacial score (nSPS) is 15.2. The second kappa shape index (κ2) is 9.87. The first kappa shape index (κ1) is 20.6. The molecule has 3 aromatic rings. The number of likely N-dealkylation sites (tertiary alicyclic amines) is 1. The van der Waals surface area contributed by atoms with Crippen LogP contribution in [0.3, 0.4) is 0 Å². The van der Waals surface area contributed by atoms with Crippen molar-refractivity contribution in [3.8, 4) is 5.95 Å². The van der Waals surface area contributed by atoms with Gasteiger partial charge in [0.2, 0.25) is 11.9 Å². The van der Waals surface area contributed by atoms with Crippen LogP contribution in [0, 0.1) is 5.92 Å². The number of para-hydroxylation sites is 1. The van der Waals surface area contributed by atoms with Crippen LogP contribution in [0.1, 0.15) is 31.4 Å². The second-order valence-electron chi connectivity index (χ2n) is 7.70. The quantitative estimate of drug-likeness (QED) is 0.605. The monoisotopic (exact) mass is 423 g/mol. The van der Waals surface area contributed by atoms with Gasteiger partial charge in [-0.25, -0.2) is 9.97 Å². The summed E-state index contributed by atoms with van der Waals surface area (Å²) >= 11 is 6.11. The molecular weight excluding hydrogens is 398 g/mol. The molecule has 2 aromatic heterocycles. The average Bonchev–Trinajstić information content (AvgIpc) is 3.24. The Bertz CT molecular complexity index is 966. The highest BCUT2D eigenvalue weighted by Crippen LogP contribution is 2.25. The minimum absolute atomic E-state index is 0.0335. The number of amides is 1. The van der Waals surface area contributed by atoms with Gasteiger partial charge in [-0.1, -0.05) is 23.7 Å². The van der Waals surface area contributed by atoms with Gasteiger partial charge in [0, 0.05) is 37.3 Å². The molecule has 4 rings (SSSR count). The predicted octanol–water partition coefficient (Wildman–Crippen LogP) is 4.55. The average molecular weight is 424 g/mol. The molecule has 1 fully saturated rings. The van der Waals surface area contributed by atoms with Gasteiger partial charge in [-0.05, 0) is 68.6 Å². The minimum Gasteiger partial charge on any atom is -0.325 e. The molecule has 1 aliphatic rings. The predicted molar refractivity (Wildman–Crippen MR) is 119 cm³/mol. The number of carbonyl (C=O) groups is 1. The van der Waals surface area contributed by atoms with Crippen molar-refractivity contribution in [2.45, 2.75) is 32.2 Å². The molecule has 0 unspecified atom stereocenters. The lowest BCUT2D eigenvalue weighted by Gasteiger charge is -2.32. The molecule has 1 amide bonds. The van der Waals surface area contributed by atoms with E-state index in [0.717, 1.165) is 38.9 Å². The van der Waals surface area contributed by atoms with Crippen molar-refractivity contribution >= 4 is 23.2 Å². The van der Waals surface area contributed by atoms with E-state index >= 15 is 0 Å². The van der Waals surface area contributed by atoms with Gasteiger partial charge in [-0.15, -0.1) is 0 Å². The molecule has 156 valence electrons. The molecule has 1 N–H and O–H groups in total. The summed E-state index contributed by atoms with van der Waals surface area (Å²) in [5.41, 5.74) is 1.88. The van der Waals surface area contributed by atoms with Crippen molar-refractivity contribution in [2.75, 3.05) is 18.4 Å². The van der Waals surface area contributed by atoms with E-state index in [2.05, 4.69) is 26.3 Å². The van der Waals surface area contributed by atoms with Crippen LogP contribution in [-0.4, -0.2) is 38.4 Å². The molecule has 0 spiro atoms. The van der Waals surface area contributed by atoms with Crippen molar-refractivity contribution in [1.82, 2.24) is 19.4 Å². The number of benzene rings is 1. The molecule has 0 atom stereocenters. The number of rotatable bonds is 7. The number of anilines is 1. The van der Waals surface area contributed by atoms with Gasteiger partial charge in [0.15, 0.2) is 0 Å². The maximum absolute atomic E-state index is 12.3. The molecule has 1 aromatic carbocycles. The van der Waals surface area contributed by atoms with Crippen molar-refractivity contribution in [3.05, 3.63) is 71.8 Å².